The molecule has 8 heteroatoms. The molecule has 0 radical (unpaired) electrons. The number of nitriles is 1. The molecule has 31 heavy (non-hydrogen) atoms. The first-order chi connectivity index (χ1) is 14.9. The lowest BCUT2D eigenvalue weighted by atomic mass is 10.1. The van der Waals surface area contributed by atoms with Crippen molar-refractivity contribution in [2.75, 3.05) is 5.32 Å². The van der Waals surface area contributed by atoms with Crippen LogP contribution in [-0.2, 0) is 11.4 Å². The van der Waals surface area contributed by atoms with Gasteiger partial charge in [0, 0.05) is 21.3 Å². The van der Waals surface area contributed by atoms with Gasteiger partial charge in [-0.15, -0.1) is 0 Å². The minimum absolute atomic E-state index is 0.0735. The summed E-state index contributed by atoms with van der Waals surface area (Å²) in [6.45, 7) is 0.198. The molecule has 0 unspecified atom stereocenters. The number of halogens is 3. The Morgan fingerprint density at radius 3 is 2.42 bits per heavy atom. The summed E-state index contributed by atoms with van der Waals surface area (Å²) in [5, 5.41) is 22.6. The zero-order chi connectivity index (χ0) is 22.4. The van der Waals surface area contributed by atoms with Crippen LogP contribution < -0.4 is 10.1 Å². The molecule has 0 fully saturated rings. The third-order valence-electron chi connectivity index (χ3n) is 4.16. The van der Waals surface area contributed by atoms with E-state index in [4.69, 9.17) is 39.5 Å². The topological polar surface area (TPSA) is 82.3 Å². The van der Waals surface area contributed by atoms with Crippen molar-refractivity contribution in [2.45, 2.75) is 6.61 Å². The van der Waals surface area contributed by atoms with Gasteiger partial charge in [-0.25, -0.2) is 0 Å². The van der Waals surface area contributed by atoms with Gasteiger partial charge < -0.3 is 15.2 Å². The number of anilines is 1. The molecule has 3 aromatic rings. The highest BCUT2D eigenvalue weighted by atomic mass is 35.5. The highest BCUT2D eigenvalue weighted by molar-refractivity contribution is 6.35. The van der Waals surface area contributed by atoms with Crippen LogP contribution in [-0.4, -0.2) is 11.0 Å². The van der Waals surface area contributed by atoms with Crippen LogP contribution in [0.4, 0.5) is 5.69 Å². The zero-order valence-corrected chi connectivity index (χ0v) is 18.2. The molecular weight excluding hydrogens is 459 g/mol. The molecule has 3 aromatic carbocycles. The molecule has 3 rings (SSSR count). The van der Waals surface area contributed by atoms with E-state index in [1.807, 2.05) is 6.07 Å². The molecule has 0 aliphatic carbocycles. The van der Waals surface area contributed by atoms with Crippen molar-refractivity contribution in [2.24, 2.45) is 0 Å². The highest BCUT2D eigenvalue weighted by Crippen LogP contribution is 2.29. The molecule has 1 amide bonds. The van der Waals surface area contributed by atoms with E-state index >= 15 is 0 Å². The second kappa shape index (κ2) is 10.2. The number of amides is 1. The van der Waals surface area contributed by atoms with Crippen molar-refractivity contribution in [3.63, 3.8) is 0 Å². The number of ether oxygens (including phenoxy) is 1. The lowest BCUT2D eigenvalue weighted by Gasteiger charge is -2.10. The van der Waals surface area contributed by atoms with Crippen molar-refractivity contribution in [1.29, 1.82) is 5.26 Å². The summed E-state index contributed by atoms with van der Waals surface area (Å²) < 4.78 is 5.72. The van der Waals surface area contributed by atoms with E-state index in [2.05, 4.69) is 5.32 Å². The van der Waals surface area contributed by atoms with Crippen LogP contribution in [0.1, 0.15) is 11.1 Å². The molecule has 0 bridgehead atoms. The van der Waals surface area contributed by atoms with Crippen LogP contribution in [0.3, 0.4) is 0 Å². The summed E-state index contributed by atoms with van der Waals surface area (Å²) >= 11 is 18.3. The Hall–Kier alpha value is -3.17. The van der Waals surface area contributed by atoms with E-state index in [1.165, 1.54) is 30.3 Å². The maximum absolute atomic E-state index is 12.4. The van der Waals surface area contributed by atoms with Crippen molar-refractivity contribution < 1.29 is 14.6 Å². The van der Waals surface area contributed by atoms with Crippen molar-refractivity contribution in [1.82, 2.24) is 0 Å². The number of hydrogen-bond donors (Lipinski definition) is 2. The molecule has 5 nitrogen and oxygen atoms in total. The van der Waals surface area contributed by atoms with Gasteiger partial charge >= 0.3 is 0 Å². The number of hydrogen-bond acceptors (Lipinski definition) is 4. The number of aromatic hydroxyl groups is 1. The number of carbonyl (C=O) groups excluding carboxylic acids is 1. The minimum Gasteiger partial charge on any atom is -0.508 e. The Morgan fingerprint density at radius 1 is 1.03 bits per heavy atom. The van der Waals surface area contributed by atoms with Crippen molar-refractivity contribution in [3.05, 3.63) is 92.4 Å². The summed E-state index contributed by atoms with van der Waals surface area (Å²) in [4.78, 5) is 12.4. The molecule has 0 saturated carbocycles. The lowest BCUT2D eigenvalue weighted by Crippen LogP contribution is -2.13. The Labute approximate surface area is 194 Å². The van der Waals surface area contributed by atoms with Gasteiger partial charge in [-0.05, 0) is 60.2 Å². The summed E-state index contributed by atoms with van der Waals surface area (Å²) in [7, 11) is 0. The fourth-order valence-electron chi connectivity index (χ4n) is 2.58. The second-order valence-corrected chi connectivity index (χ2v) is 7.64. The van der Waals surface area contributed by atoms with Crippen LogP contribution in [0.5, 0.6) is 11.5 Å². The largest absolute Gasteiger partial charge is 0.508 e. The number of nitrogens with zero attached hydrogens (tertiary/aromatic N) is 1. The fraction of sp³-hybridized carbons (Fsp3) is 0.0435. The third kappa shape index (κ3) is 6.16. The van der Waals surface area contributed by atoms with Gasteiger partial charge in [-0.1, -0.05) is 46.9 Å². The Balaban J connectivity index is 1.71. The number of carbonyl (C=O) groups is 1. The summed E-state index contributed by atoms with van der Waals surface area (Å²) in [5.41, 5.74) is 1.65. The van der Waals surface area contributed by atoms with E-state index in [0.29, 0.717) is 32.1 Å². The smallest absolute Gasteiger partial charge is 0.266 e. The molecule has 0 aromatic heterocycles. The van der Waals surface area contributed by atoms with Gasteiger partial charge in [0.2, 0.25) is 0 Å². The summed E-state index contributed by atoms with van der Waals surface area (Å²) in [6, 6.07) is 17.8. The van der Waals surface area contributed by atoms with Crippen LogP contribution in [0.2, 0.25) is 15.1 Å². The molecule has 0 spiro atoms. The third-order valence-corrected chi connectivity index (χ3v) is 5.04. The van der Waals surface area contributed by atoms with E-state index in [0.717, 1.165) is 5.56 Å². The van der Waals surface area contributed by atoms with Gasteiger partial charge in [0.05, 0.1) is 5.02 Å². The van der Waals surface area contributed by atoms with Crippen LogP contribution in [0.15, 0.2) is 66.2 Å². The quantitative estimate of drug-likeness (QED) is 0.244. The predicted molar refractivity (Wildman–Crippen MR) is 123 cm³/mol. The Kier molecular flexibility index (Phi) is 7.43. The van der Waals surface area contributed by atoms with Gasteiger partial charge in [0.15, 0.2) is 0 Å². The summed E-state index contributed by atoms with van der Waals surface area (Å²) in [6.07, 6.45) is 1.42. The minimum atomic E-state index is -0.581. The average molecular weight is 474 g/mol. The first-order valence-electron chi connectivity index (χ1n) is 8.94. The molecule has 0 saturated heterocycles. The fourth-order valence-corrected chi connectivity index (χ4v) is 3.28. The number of benzene rings is 3. The van der Waals surface area contributed by atoms with Crippen molar-refractivity contribution >= 4 is 52.5 Å². The SMILES string of the molecule is N#C/C(=C\c1ccc(OCc2ccc(Cl)cc2Cl)c(Cl)c1)C(=O)Nc1ccc(O)cc1. The monoisotopic (exact) mass is 472 g/mol. The van der Waals surface area contributed by atoms with Gasteiger partial charge in [-0.3, -0.25) is 4.79 Å². The van der Waals surface area contributed by atoms with E-state index in [9.17, 15) is 15.2 Å². The van der Waals surface area contributed by atoms with Crippen molar-refractivity contribution in [3.8, 4) is 17.6 Å². The molecule has 156 valence electrons. The van der Waals surface area contributed by atoms with Crippen LogP contribution >= 0.6 is 34.8 Å². The molecule has 2 N–H and O–H groups in total. The maximum atomic E-state index is 12.4. The molecule has 0 heterocycles. The molecular formula is C23H15Cl3N2O3. The number of nitrogens with one attached hydrogen (secondary N) is 1. The number of phenolic OH excluding ortho intramolecular Hbond substituents is 1. The zero-order valence-electron chi connectivity index (χ0n) is 15.9. The number of rotatable bonds is 6. The Morgan fingerprint density at radius 2 is 1.77 bits per heavy atom. The predicted octanol–water partition coefficient (Wildman–Crippen LogP) is 6.48. The first-order valence-corrected chi connectivity index (χ1v) is 10.1. The molecule has 0 aliphatic rings. The maximum Gasteiger partial charge on any atom is 0.266 e. The first kappa shape index (κ1) is 22.5. The van der Waals surface area contributed by atoms with E-state index in [1.54, 1.807) is 36.4 Å². The highest BCUT2D eigenvalue weighted by Gasteiger charge is 2.11. The van der Waals surface area contributed by atoms with Gasteiger partial charge in [0.1, 0.15) is 29.7 Å². The normalized spacial score (nSPS) is 11.0. The Bertz CT molecular complexity index is 1190. The average Bonchev–Trinajstić information content (AvgIpc) is 2.74. The summed E-state index contributed by atoms with van der Waals surface area (Å²) in [5.74, 6) is -0.0803. The van der Waals surface area contributed by atoms with Gasteiger partial charge in [0.25, 0.3) is 5.91 Å². The standard InChI is InChI=1S/C23H15Cl3N2O3/c24-17-3-2-15(20(25)11-17)13-31-22-8-1-14(10-21(22)26)9-16(12-27)23(30)28-18-4-6-19(29)7-5-18/h1-11,29H,13H2,(H,28,30)/b16-9+. The van der Waals surface area contributed by atoms with Gasteiger partial charge in [-0.2, -0.15) is 5.26 Å². The van der Waals surface area contributed by atoms with E-state index in [-0.39, 0.29) is 17.9 Å². The lowest BCUT2D eigenvalue weighted by molar-refractivity contribution is -0.112. The number of phenols is 1. The van der Waals surface area contributed by atoms with E-state index < -0.39 is 5.91 Å². The van der Waals surface area contributed by atoms with Crippen LogP contribution in [0, 0.1) is 11.3 Å². The van der Waals surface area contributed by atoms with Crippen LogP contribution in [0.25, 0.3) is 6.08 Å². The molecule has 0 atom stereocenters. The second-order valence-electron chi connectivity index (χ2n) is 6.39. The molecule has 0 aliphatic heterocycles.